The number of rotatable bonds is 5. The van der Waals surface area contributed by atoms with E-state index in [4.69, 9.17) is 0 Å². The second-order valence-electron chi connectivity index (χ2n) is 3.86. The van der Waals surface area contributed by atoms with Crippen molar-refractivity contribution >= 4 is 17.6 Å². The lowest BCUT2D eigenvalue weighted by molar-refractivity contribution is -0.120. The van der Waals surface area contributed by atoms with Crippen LogP contribution in [0, 0.1) is 6.92 Å². The van der Waals surface area contributed by atoms with Crippen LogP contribution in [0.4, 0.5) is 0 Å². The van der Waals surface area contributed by atoms with Crippen LogP contribution in [-0.2, 0) is 9.59 Å². The molecule has 0 N–H and O–H groups in total. The van der Waals surface area contributed by atoms with Crippen molar-refractivity contribution < 1.29 is 9.59 Å². The summed E-state index contributed by atoms with van der Waals surface area (Å²) < 4.78 is 0. The minimum absolute atomic E-state index is 0.00143. The van der Waals surface area contributed by atoms with Crippen LogP contribution in [0.15, 0.2) is 30.3 Å². The Kier molecular flexibility index (Phi) is 4.65. The molecule has 84 valence electrons. The van der Waals surface area contributed by atoms with E-state index in [0.717, 1.165) is 11.1 Å². The van der Waals surface area contributed by atoms with Crippen molar-refractivity contribution in [1.29, 1.82) is 0 Å². The summed E-state index contributed by atoms with van der Waals surface area (Å²) in [7, 11) is 0. The molecule has 0 unspecified atom stereocenters. The SMILES string of the molecule is CC(=O)CCC(=O)/C=C/c1ccccc1C. The molecular formula is C14H16O2. The van der Waals surface area contributed by atoms with Gasteiger partial charge in [-0.2, -0.15) is 0 Å². The van der Waals surface area contributed by atoms with Crippen LogP contribution < -0.4 is 0 Å². The summed E-state index contributed by atoms with van der Waals surface area (Å²) in [6, 6.07) is 7.86. The number of carbonyl (C=O) groups is 2. The number of Topliss-reactive ketones (excluding diaryl/α,β-unsaturated/α-hetero) is 1. The van der Waals surface area contributed by atoms with E-state index in [9.17, 15) is 9.59 Å². The molecule has 0 heterocycles. The standard InChI is InChI=1S/C14H16O2/c1-11-5-3-4-6-13(11)8-10-14(16)9-7-12(2)15/h3-6,8,10H,7,9H2,1-2H3/b10-8+. The van der Waals surface area contributed by atoms with Gasteiger partial charge < -0.3 is 4.79 Å². The number of hydrogen-bond donors (Lipinski definition) is 0. The molecule has 0 bridgehead atoms. The average Bonchev–Trinajstić information content (AvgIpc) is 2.25. The first kappa shape index (κ1) is 12.4. The summed E-state index contributed by atoms with van der Waals surface area (Å²) in [5.74, 6) is 0.0519. The highest BCUT2D eigenvalue weighted by atomic mass is 16.1. The molecule has 16 heavy (non-hydrogen) atoms. The predicted octanol–water partition coefficient (Wildman–Crippen LogP) is 2.95. The number of benzene rings is 1. The lowest BCUT2D eigenvalue weighted by atomic mass is 10.1. The molecule has 1 aromatic rings. The van der Waals surface area contributed by atoms with Crippen LogP contribution >= 0.6 is 0 Å². The summed E-state index contributed by atoms with van der Waals surface area (Å²) in [6.07, 6.45) is 3.98. The van der Waals surface area contributed by atoms with Crippen LogP contribution in [0.2, 0.25) is 0 Å². The number of carbonyl (C=O) groups excluding carboxylic acids is 2. The summed E-state index contributed by atoms with van der Waals surface area (Å²) in [5.41, 5.74) is 2.18. The minimum atomic E-state index is -0.00143. The Bertz CT molecular complexity index is 416. The summed E-state index contributed by atoms with van der Waals surface area (Å²) in [5, 5.41) is 0. The maximum absolute atomic E-state index is 11.4. The zero-order valence-electron chi connectivity index (χ0n) is 9.69. The highest BCUT2D eigenvalue weighted by molar-refractivity contribution is 5.95. The first-order chi connectivity index (χ1) is 7.59. The van der Waals surface area contributed by atoms with Crippen molar-refractivity contribution in [2.45, 2.75) is 26.7 Å². The van der Waals surface area contributed by atoms with Gasteiger partial charge in [-0.3, -0.25) is 4.79 Å². The lowest BCUT2D eigenvalue weighted by Crippen LogP contribution is -1.97. The van der Waals surface area contributed by atoms with Crippen molar-refractivity contribution in [3.63, 3.8) is 0 Å². The second kappa shape index (κ2) is 6.01. The van der Waals surface area contributed by atoms with E-state index < -0.39 is 0 Å². The fraction of sp³-hybridized carbons (Fsp3) is 0.286. The van der Waals surface area contributed by atoms with Crippen LogP contribution in [-0.4, -0.2) is 11.6 Å². The Morgan fingerprint density at radius 2 is 1.88 bits per heavy atom. The van der Waals surface area contributed by atoms with Crippen molar-refractivity contribution in [3.8, 4) is 0 Å². The highest BCUT2D eigenvalue weighted by Crippen LogP contribution is 2.09. The summed E-state index contributed by atoms with van der Waals surface area (Å²) in [6.45, 7) is 3.50. The Morgan fingerprint density at radius 3 is 2.50 bits per heavy atom. The Morgan fingerprint density at radius 1 is 1.19 bits per heavy atom. The van der Waals surface area contributed by atoms with Crippen LogP contribution in [0.5, 0.6) is 0 Å². The van der Waals surface area contributed by atoms with Crippen molar-refractivity contribution in [2.75, 3.05) is 0 Å². The van der Waals surface area contributed by atoms with Crippen LogP contribution in [0.1, 0.15) is 30.9 Å². The number of aryl methyl sites for hydroxylation is 1. The molecule has 0 amide bonds. The Balaban J connectivity index is 2.57. The zero-order chi connectivity index (χ0) is 12.0. The number of hydrogen-bond acceptors (Lipinski definition) is 2. The maximum Gasteiger partial charge on any atom is 0.156 e. The smallest absolute Gasteiger partial charge is 0.156 e. The Hall–Kier alpha value is -1.70. The molecule has 0 aromatic heterocycles. The van der Waals surface area contributed by atoms with Crippen molar-refractivity contribution in [1.82, 2.24) is 0 Å². The van der Waals surface area contributed by atoms with Crippen molar-refractivity contribution in [3.05, 3.63) is 41.5 Å². The molecule has 1 rings (SSSR count). The van der Waals surface area contributed by atoms with Gasteiger partial charge in [-0.15, -0.1) is 0 Å². The molecule has 2 nitrogen and oxygen atoms in total. The molecule has 0 fully saturated rings. The topological polar surface area (TPSA) is 34.1 Å². The third kappa shape index (κ3) is 4.22. The molecule has 0 aliphatic heterocycles. The fourth-order valence-electron chi connectivity index (χ4n) is 1.34. The van der Waals surface area contributed by atoms with E-state index in [0.29, 0.717) is 12.8 Å². The van der Waals surface area contributed by atoms with E-state index in [1.165, 1.54) is 6.92 Å². The molecule has 0 aliphatic rings. The van der Waals surface area contributed by atoms with Gasteiger partial charge in [0.2, 0.25) is 0 Å². The monoisotopic (exact) mass is 216 g/mol. The summed E-state index contributed by atoms with van der Waals surface area (Å²) >= 11 is 0. The van der Waals surface area contributed by atoms with Gasteiger partial charge >= 0.3 is 0 Å². The molecular weight excluding hydrogens is 200 g/mol. The van der Waals surface area contributed by atoms with E-state index in [2.05, 4.69) is 0 Å². The molecule has 0 radical (unpaired) electrons. The average molecular weight is 216 g/mol. The molecule has 1 aromatic carbocycles. The molecule has 0 saturated carbocycles. The predicted molar refractivity (Wildman–Crippen MR) is 65.1 cm³/mol. The third-order valence-corrected chi connectivity index (χ3v) is 2.36. The van der Waals surface area contributed by atoms with Gasteiger partial charge in [0.25, 0.3) is 0 Å². The molecule has 0 saturated heterocycles. The van der Waals surface area contributed by atoms with Gasteiger partial charge in [0.1, 0.15) is 5.78 Å². The molecule has 0 atom stereocenters. The normalized spacial score (nSPS) is 10.6. The lowest BCUT2D eigenvalue weighted by Gasteiger charge is -1.98. The van der Waals surface area contributed by atoms with Gasteiger partial charge in [0, 0.05) is 12.8 Å². The van der Waals surface area contributed by atoms with Gasteiger partial charge in [0.15, 0.2) is 5.78 Å². The van der Waals surface area contributed by atoms with E-state index >= 15 is 0 Å². The fourth-order valence-corrected chi connectivity index (χ4v) is 1.34. The minimum Gasteiger partial charge on any atom is -0.300 e. The molecule has 0 aliphatic carbocycles. The maximum atomic E-state index is 11.4. The zero-order valence-corrected chi connectivity index (χ0v) is 9.69. The first-order valence-corrected chi connectivity index (χ1v) is 5.35. The second-order valence-corrected chi connectivity index (χ2v) is 3.86. The quantitative estimate of drug-likeness (QED) is 0.709. The van der Waals surface area contributed by atoms with Crippen LogP contribution in [0.3, 0.4) is 0 Å². The highest BCUT2D eigenvalue weighted by Gasteiger charge is 2.00. The largest absolute Gasteiger partial charge is 0.300 e. The molecule has 0 spiro atoms. The summed E-state index contributed by atoms with van der Waals surface area (Å²) in [4.78, 5) is 22.1. The van der Waals surface area contributed by atoms with Crippen LogP contribution in [0.25, 0.3) is 6.08 Å². The third-order valence-electron chi connectivity index (χ3n) is 2.36. The van der Waals surface area contributed by atoms with Gasteiger partial charge in [-0.25, -0.2) is 0 Å². The molecule has 2 heteroatoms. The van der Waals surface area contributed by atoms with E-state index in [-0.39, 0.29) is 11.6 Å². The van der Waals surface area contributed by atoms with Gasteiger partial charge in [-0.05, 0) is 31.1 Å². The number of ketones is 2. The Labute approximate surface area is 96.0 Å². The first-order valence-electron chi connectivity index (χ1n) is 5.35. The van der Waals surface area contributed by atoms with Gasteiger partial charge in [0.05, 0.1) is 0 Å². The van der Waals surface area contributed by atoms with Crippen molar-refractivity contribution in [2.24, 2.45) is 0 Å². The number of allylic oxidation sites excluding steroid dienone is 1. The van der Waals surface area contributed by atoms with Gasteiger partial charge in [-0.1, -0.05) is 30.3 Å². The van der Waals surface area contributed by atoms with E-state index in [1.807, 2.05) is 31.2 Å². The van der Waals surface area contributed by atoms with E-state index in [1.54, 1.807) is 12.2 Å².